The molecule has 1 rings (SSSR count). The second kappa shape index (κ2) is 6.65. The van der Waals surface area contributed by atoms with Crippen LogP contribution in [-0.4, -0.2) is 55.6 Å². The molecule has 18 heavy (non-hydrogen) atoms. The van der Waals surface area contributed by atoms with Crippen LogP contribution < -0.4 is 0 Å². The molecule has 1 heterocycles. The normalized spacial score (nSPS) is 35.5. The topological polar surface area (TPSA) is 21.7 Å². The molecule has 0 aliphatic carbocycles. The predicted octanol–water partition coefficient (Wildman–Crippen LogP) is 2.15. The van der Waals surface area contributed by atoms with Gasteiger partial charge in [0.15, 0.2) is 0 Å². The van der Waals surface area contributed by atoms with Gasteiger partial charge in [0, 0.05) is 13.5 Å². The van der Waals surface area contributed by atoms with Gasteiger partial charge in [-0.05, 0) is 41.3 Å². The van der Waals surface area contributed by atoms with Crippen molar-refractivity contribution in [3.05, 3.63) is 0 Å². The Morgan fingerprint density at radius 3 is 2.39 bits per heavy atom. The summed E-state index contributed by atoms with van der Waals surface area (Å²) in [5.74, 6) is 0. The number of hydrogen-bond donors (Lipinski definition) is 0. The molecular weight excluding hydrogens is 251 g/mol. The average molecular weight is 278 g/mol. The third-order valence-electron chi connectivity index (χ3n) is 3.18. The molecule has 1 aliphatic heterocycles. The standard InChI is InChI=1S/C12H26BFNO2P/c1-7(2)15(8(3)4)18(6)17-11-9(5)16-12(13)10(11)14/h7-12H,13H2,1-6H3/t9-,10+,11-,12-,18?/m1/s1/i5D. The summed E-state index contributed by atoms with van der Waals surface area (Å²) in [7, 11) is 0.824. The van der Waals surface area contributed by atoms with Gasteiger partial charge in [-0.3, -0.25) is 4.67 Å². The average Bonchev–Trinajstić information content (AvgIpc) is 2.55. The highest BCUT2D eigenvalue weighted by molar-refractivity contribution is 7.49. The van der Waals surface area contributed by atoms with Crippen molar-refractivity contribution in [1.29, 1.82) is 0 Å². The summed E-state index contributed by atoms with van der Waals surface area (Å²) in [5.41, 5.74) is 0. The highest BCUT2D eigenvalue weighted by Crippen LogP contribution is 2.45. The van der Waals surface area contributed by atoms with Crippen LogP contribution in [0.3, 0.4) is 0 Å². The molecule has 106 valence electrons. The van der Waals surface area contributed by atoms with E-state index in [9.17, 15) is 4.39 Å². The van der Waals surface area contributed by atoms with Crippen LogP contribution in [0.1, 0.15) is 36.0 Å². The van der Waals surface area contributed by atoms with Gasteiger partial charge in [0.05, 0.1) is 12.1 Å². The van der Waals surface area contributed by atoms with Gasteiger partial charge in [0.2, 0.25) is 0 Å². The van der Waals surface area contributed by atoms with Gasteiger partial charge < -0.3 is 9.26 Å². The van der Waals surface area contributed by atoms with E-state index in [2.05, 4.69) is 32.4 Å². The van der Waals surface area contributed by atoms with Crippen LogP contribution in [0.2, 0.25) is 0 Å². The van der Waals surface area contributed by atoms with Crippen molar-refractivity contribution in [2.45, 2.75) is 71.1 Å². The van der Waals surface area contributed by atoms with Crippen LogP contribution in [0.5, 0.6) is 0 Å². The zero-order valence-corrected chi connectivity index (χ0v) is 13.2. The lowest BCUT2D eigenvalue weighted by molar-refractivity contribution is 0.0554. The van der Waals surface area contributed by atoms with Crippen LogP contribution in [-0.2, 0) is 9.26 Å². The molecule has 0 bridgehead atoms. The fourth-order valence-electron chi connectivity index (χ4n) is 2.50. The molecule has 0 spiro atoms. The molecule has 1 aliphatic rings. The first-order valence-electron chi connectivity index (χ1n) is 7.27. The van der Waals surface area contributed by atoms with Gasteiger partial charge in [-0.1, -0.05) is 0 Å². The summed E-state index contributed by atoms with van der Waals surface area (Å²) >= 11 is 0. The SMILES string of the molecule is [2H]C[C@H]1O[C@@H](B)[C@@H](F)[C@@H]1OP(C)N(C(C)C)C(C)C. The molecule has 1 fully saturated rings. The fourth-order valence-corrected chi connectivity index (χ4v) is 4.52. The number of halogens is 1. The van der Waals surface area contributed by atoms with Gasteiger partial charge in [0.25, 0.3) is 0 Å². The first-order chi connectivity index (χ1) is 8.79. The number of ether oxygens (including phenoxy) is 1. The summed E-state index contributed by atoms with van der Waals surface area (Å²) in [4.78, 5) is 0. The van der Waals surface area contributed by atoms with Crippen molar-refractivity contribution >= 4 is 16.1 Å². The molecule has 0 saturated carbocycles. The van der Waals surface area contributed by atoms with E-state index in [-0.39, 0.29) is 6.90 Å². The Bertz CT molecular complexity index is 280. The zero-order chi connectivity index (χ0) is 14.7. The number of alkyl halides is 1. The first-order valence-corrected chi connectivity index (χ1v) is 8.23. The Morgan fingerprint density at radius 2 is 1.94 bits per heavy atom. The van der Waals surface area contributed by atoms with Crippen molar-refractivity contribution in [1.82, 2.24) is 4.67 Å². The van der Waals surface area contributed by atoms with Crippen LogP contribution in [0.15, 0.2) is 0 Å². The maximum atomic E-state index is 14.1. The van der Waals surface area contributed by atoms with E-state index in [0.717, 1.165) is 0 Å². The summed E-state index contributed by atoms with van der Waals surface area (Å²) in [6.45, 7) is 10.5. The van der Waals surface area contributed by atoms with Gasteiger partial charge in [-0.2, -0.15) is 0 Å². The Kier molecular flexibility index (Phi) is 5.43. The van der Waals surface area contributed by atoms with Crippen molar-refractivity contribution in [3.8, 4) is 0 Å². The molecule has 0 aromatic carbocycles. The van der Waals surface area contributed by atoms with Gasteiger partial charge in [-0.15, -0.1) is 0 Å². The van der Waals surface area contributed by atoms with Crippen molar-refractivity contribution in [2.75, 3.05) is 6.66 Å². The molecule has 5 atom stereocenters. The van der Waals surface area contributed by atoms with Crippen molar-refractivity contribution in [3.63, 3.8) is 0 Å². The lowest BCUT2D eigenvalue weighted by atomic mass is 9.94. The Hall–Kier alpha value is 0.305. The van der Waals surface area contributed by atoms with Gasteiger partial charge >= 0.3 is 0 Å². The van der Waals surface area contributed by atoms with Crippen LogP contribution in [0.25, 0.3) is 0 Å². The summed E-state index contributed by atoms with van der Waals surface area (Å²) in [6, 6.07) is 0.224. The van der Waals surface area contributed by atoms with E-state index in [1.807, 2.05) is 6.66 Å². The van der Waals surface area contributed by atoms with E-state index >= 15 is 0 Å². The zero-order valence-electron chi connectivity index (χ0n) is 13.3. The molecule has 0 aromatic rings. The van der Waals surface area contributed by atoms with E-state index < -0.39 is 32.7 Å². The molecule has 3 nitrogen and oxygen atoms in total. The summed E-state index contributed by atoms with van der Waals surface area (Å²) in [6.07, 6.45) is -2.19. The summed E-state index contributed by atoms with van der Waals surface area (Å²) in [5, 5.41) is 0. The Morgan fingerprint density at radius 1 is 1.39 bits per heavy atom. The number of rotatable bonds is 5. The highest BCUT2D eigenvalue weighted by atomic mass is 31.2. The lowest BCUT2D eigenvalue weighted by Gasteiger charge is -2.37. The molecule has 1 unspecified atom stereocenters. The molecule has 6 heteroatoms. The van der Waals surface area contributed by atoms with E-state index in [4.69, 9.17) is 10.6 Å². The molecule has 0 aromatic heterocycles. The smallest absolute Gasteiger partial charge is 0.147 e. The summed E-state index contributed by atoms with van der Waals surface area (Å²) < 4.78 is 35.2. The maximum Gasteiger partial charge on any atom is 0.147 e. The third kappa shape index (κ3) is 3.66. The predicted molar refractivity (Wildman–Crippen MR) is 77.6 cm³/mol. The molecular formula is C12H26BFNO2P. The van der Waals surface area contributed by atoms with E-state index in [0.29, 0.717) is 12.1 Å². The van der Waals surface area contributed by atoms with E-state index in [1.165, 1.54) is 0 Å². The minimum atomic E-state index is -1.14. The van der Waals surface area contributed by atoms with Gasteiger partial charge in [-0.25, -0.2) is 4.39 Å². The lowest BCUT2D eigenvalue weighted by Crippen LogP contribution is -2.36. The molecule has 0 radical (unpaired) electrons. The molecule has 0 N–H and O–H groups in total. The van der Waals surface area contributed by atoms with Crippen LogP contribution in [0.4, 0.5) is 4.39 Å². The minimum Gasteiger partial charge on any atom is -0.378 e. The van der Waals surface area contributed by atoms with Crippen LogP contribution in [0, 0.1) is 0 Å². The molecule has 0 amide bonds. The van der Waals surface area contributed by atoms with Crippen LogP contribution >= 0.6 is 8.30 Å². The maximum absolute atomic E-state index is 14.1. The Labute approximate surface area is 114 Å². The fraction of sp³-hybridized carbons (Fsp3) is 1.00. The number of nitrogens with zero attached hydrogens (tertiary/aromatic N) is 1. The van der Waals surface area contributed by atoms with E-state index in [1.54, 1.807) is 7.85 Å². The first kappa shape index (κ1) is 14.7. The number of hydrogen-bond acceptors (Lipinski definition) is 3. The monoisotopic (exact) mass is 278 g/mol. The van der Waals surface area contributed by atoms with Gasteiger partial charge in [0.1, 0.15) is 28.4 Å². The third-order valence-corrected chi connectivity index (χ3v) is 5.30. The van der Waals surface area contributed by atoms with Crippen molar-refractivity contribution < 1.29 is 15.0 Å². The quantitative estimate of drug-likeness (QED) is 0.568. The minimum absolute atomic E-state index is 0.0436. The highest BCUT2D eigenvalue weighted by Gasteiger charge is 2.42. The molecule has 1 saturated heterocycles. The Balaban J connectivity index is 2.71. The second-order valence-corrected chi connectivity index (χ2v) is 7.03. The second-order valence-electron chi connectivity index (χ2n) is 5.43. The van der Waals surface area contributed by atoms with Crippen molar-refractivity contribution in [2.24, 2.45) is 0 Å². The largest absolute Gasteiger partial charge is 0.378 e.